The van der Waals surface area contributed by atoms with E-state index in [2.05, 4.69) is 15.6 Å². The summed E-state index contributed by atoms with van der Waals surface area (Å²) in [5, 5.41) is 5.76. The van der Waals surface area contributed by atoms with E-state index >= 15 is 0 Å². The average Bonchev–Trinajstić information content (AvgIpc) is 3.48. The molecule has 6 nitrogen and oxygen atoms in total. The quantitative estimate of drug-likeness (QED) is 0.757. The van der Waals surface area contributed by atoms with Crippen LogP contribution in [0.4, 0.5) is 0 Å². The smallest absolute Gasteiger partial charge is 0.224 e. The minimum Gasteiger partial charge on any atom is -0.496 e. The van der Waals surface area contributed by atoms with Gasteiger partial charge in [-0.15, -0.1) is 0 Å². The first-order chi connectivity index (χ1) is 12.7. The highest BCUT2D eigenvalue weighted by Gasteiger charge is 2.47. The number of methoxy groups -OCH3 is 1. The maximum Gasteiger partial charge on any atom is 0.224 e. The summed E-state index contributed by atoms with van der Waals surface area (Å²) in [4.78, 5) is 28.5. The number of amides is 2. The van der Waals surface area contributed by atoms with Gasteiger partial charge in [0.15, 0.2) is 0 Å². The van der Waals surface area contributed by atoms with Crippen molar-refractivity contribution in [3.63, 3.8) is 0 Å². The Balaban J connectivity index is 1.39. The summed E-state index contributed by atoms with van der Waals surface area (Å²) in [5.74, 6) is 0.222. The van der Waals surface area contributed by atoms with Crippen LogP contribution in [0.2, 0.25) is 0 Å². The highest BCUT2D eigenvalue weighted by atomic mass is 16.5. The average molecular weight is 353 g/mol. The number of rotatable bonds is 8. The number of hydrogen-bond donors (Lipinski definition) is 2. The molecule has 2 aromatic rings. The number of benzene rings is 1. The van der Waals surface area contributed by atoms with Crippen LogP contribution in [-0.2, 0) is 22.6 Å². The Labute approximate surface area is 153 Å². The SMILES string of the molecule is COc1ccccc1CCNC(=O)C1CC1C(=O)NCc1ccccn1. The number of pyridine rings is 1. The predicted molar refractivity (Wildman–Crippen MR) is 97.4 cm³/mol. The van der Waals surface area contributed by atoms with Crippen molar-refractivity contribution in [1.29, 1.82) is 0 Å². The Kier molecular flexibility index (Phi) is 5.84. The molecular weight excluding hydrogens is 330 g/mol. The third kappa shape index (κ3) is 4.59. The Morgan fingerprint density at radius 1 is 1.08 bits per heavy atom. The van der Waals surface area contributed by atoms with Gasteiger partial charge in [0.1, 0.15) is 5.75 Å². The van der Waals surface area contributed by atoms with E-state index in [4.69, 9.17) is 4.74 Å². The molecular formula is C20H23N3O3. The van der Waals surface area contributed by atoms with Crippen molar-refractivity contribution in [1.82, 2.24) is 15.6 Å². The van der Waals surface area contributed by atoms with Crippen molar-refractivity contribution in [2.24, 2.45) is 11.8 Å². The Morgan fingerprint density at radius 2 is 1.81 bits per heavy atom. The van der Waals surface area contributed by atoms with Gasteiger partial charge in [0, 0.05) is 12.7 Å². The molecule has 1 heterocycles. The van der Waals surface area contributed by atoms with E-state index in [1.165, 1.54) is 0 Å². The minimum atomic E-state index is -0.232. The van der Waals surface area contributed by atoms with E-state index in [0.29, 0.717) is 25.9 Å². The van der Waals surface area contributed by atoms with Gasteiger partial charge in [-0.05, 0) is 36.6 Å². The van der Waals surface area contributed by atoms with Crippen molar-refractivity contribution in [3.8, 4) is 5.75 Å². The highest BCUT2D eigenvalue weighted by molar-refractivity contribution is 5.92. The summed E-state index contributed by atoms with van der Waals surface area (Å²) in [6.45, 7) is 0.913. The third-order valence-electron chi connectivity index (χ3n) is 4.52. The zero-order valence-electron chi connectivity index (χ0n) is 14.8. The van der Waals surface area contributed by atoms with E-state index in [1.54, 1.807) is 13.3 Å². The molecule has 0 radical (unpaired) electrons. The van der Waals surface area contributed by atoms with Crippen molar-refractivity contribution in [2.75, 3.05) is 13.7 Å². The molecule has 0 spiro atoms. The van der Waals surface area contributed by atoms with E-state index in [0.717, 1.165) is 17.0 Å². The monoisotopic (exact) mass is 353 g/mol. The Hall–Kier alpha value is -2.89. The van der Waals surface area contributed by atoms with E-state index < -0.39 is 0 Å². The summed E-state index contributed by atoms with van der Waals surface area (Å²) in [7, 11) is 1.63. The molecule has 1 aliphatic carbocycles. The molecule has 2 amide bonds. The van der Waals surface area contributed by atoms with Crippen LogP contribution in [0.1, 0.15) is 17.7 Å². The molecule has 1 aliphatic rings. The number of carbonyl (C=O) groups excluding carboxylic acids is 2. The van der Waals surface area contributed by atoms with Gasteiger partial charge in [-0.1, -0.05) is 24.3 Å². The van der Waals surface area contributed by atoms with Gasteiger partial charge < -0.3 is 15.4 Å². The van der Waals surface area contributed by atoms with Gasteiger partial charge in [0.25, 0.3) is 0 Å². The number of nitrogens with zero attached hydrogens (tertiary/aromatic N) is 1. The number of aromatic nitrogens is 1. The molecule has 2 atom stereocenters. The summed E-state index contributed by atoms with van der Waals surface area (Å²) in [6.07, 6.45) is 2.99. The highest BCUT2D eigenvalue weighted by Crippen LogP contribution is 2.38. The lowest BCUT2D eigenvalue weighted by Crippen LogP contribution is -2.31. The summed E-state index contributed by atoms with van der Waals surface area (Å²) >= 11 is 0. The molecule has 3 rings (SSSR count). The van der Waals surface area contributed by atoms with Gasteiger partial charge in [-0.25, -0.2) is 0 Å². The largest absolute Gasteiger partial charge is 0.496 e. The van der Waals surface area contributed by atoms with Crippen molar-refractivity contribution in [2.45, 2.75) is 19.4 Å². The number of carbonyl (C=O) groups is 2. The fourth-order valence-electron chi connectivity index (χ4n) is 2.95. The summed E-state index contributed by atoms with van der Waals surface area (Å²) in [5.41, 5.74) is 1.86. The molecule has 1 aromatic heterocycles. The maximum atomic E-state index is 12.2. The Bertz CT molecular complexity index is 764. The van der Waals surface area contributed by atoms with Crippen LogP contribution in [0.3, 0.4) is 0 Å². The van der Waals surface area contributed by atoms with Gasteiger partial charge >= 0.3 is 0 Å². The van der Waals surface area contributed by atoms with Crippen molar-refractivity contribution in [3.05, 3.63) is 59.9 Å². The fraction of sp³-hybridized carbons (Fsp3) is 0.350. The predicted octanol–water partition coefficient (Wildman–Crippen LogP) is 1.70. The van der Waals surface area contributed by atoms with Crippen LogP contribution >= 0.6 is 0 Å². The molecule has 2 N–H and O–H groups in total. The van der Waals surface area contributed by atoms with Gasteiger partial charge in [-0.3, -0.25) is 14.6 Å². The van der Waals surface area contributed by atoms with Gasteiger partial charge in [-0.2, -0.15) is 0 Å². The molecule has 26 heavy (non-hydrogen) atoms. The number of ether oxygens (including phenoxy) is 1. The van der Waals surface area contributed by atoms with E-state index in [1.807, 2.05) is 42.5 Å². The maximum absolute atomic E-state index is 12.2. The minimum absolute atomic E-state index is 0.0575. The lowest BCUT2D eigenvalue weighted by Gasteiger charge is -2.09. The van der Waals surface area contributed by atoms with Crippen molar-refractivity contribution < 1.29 is 14.3 Å². The molecule has 2 unspecified atom stereocenters. The zero-order chi connectivity index (χ0) is 18.4. The van der Waals surface area contributed by atoms with Crippen molar-refractivity contribution >= 4 is 11.8 Å². The second-order valence-electron chi connectivity index (χ2n) is 6.34. The van der Waals surface area contributed by atoms with Crippen LogP contribution in [0.5, 0.6) is 5.75 Å². The molecule has 1 aromatic carbocycles. The van der Waals surface area contributed by atoms with Crippen LogP contribution in [0.15, 0.2) is 48.7 Å². The fourth-order valence-corrected chi connectivity index (χ4v) is 2.95. The number of nitrogens with one attached hydrogen (secondary N) is 2. The topological polar surface area (TPSA) is 80.3 Å². The van der Waals surface area contributed by atoms with Crippen LogP contribution in [0, 0.1) is 11.8 Å². The van der Waals surface area contributed by atoms with Crippen LogP contribution in [-0.4, -0.2) is 30.5 Å². The van der Waals surface area contributed by atoms with Gasteiger partial charge in [0.05, 0.1) is 31.2 Å². The molecule has 1 saturated carbocycles. The standard InChI is InChI=1S/C20H23N3O3/c1-26-18-8-3-2-6-14(18)9-11-22-19(24)16-12-17(16)20(25)23-13-15-7-4-5-10-21-15/h2-8,10,16-17H,9,11-13H2,1H3,(H,22,24)(H,23,25). The molecule has 6 heteroatoms. The molecule has 136 valence electrons. The second kappa shape index (κ2) is 8.47. The molecule has 1 fully saturated rings. The lowest BCUT2D eigenvalue weighted by atomic mass is 10.1. The Morgan fingerprint density at radius 3 is 2.54 bits per heavy atom. The lowest BCUT2D eigenvalue weighted by molar-refractivity contribution is -0.127. The third-order valence-corrected chi connectivity index (χ3v) is 4.52. The normalized spacial score (nSPS) is 18.0. The van der Waals surface area contributed by atoms with Gasteiger partial charge in [0.2, 0.25) is 11.8 Å². The number of para-hydroxylation sites is 1. The molecule has 0 aliphatic heterocycles. The molecule has 0 saturated heterocycles. The van der Waals surface area contributed by atoms with Crippen LogP contribution < -0.4 is 15.4 Å². The first-order valence-corrected chi connectivity index (χ1v) is 8.76. The van der Waals surface area contributed by atoms with E-state index in [9.17, 15) is 9.59 Å². The molecule has 0 bridgehead atoms. The first kappa shape index (κ1) is 17.9. The number of hydrogen-bond acceptors (Lipinski definition) is 4. The summed E-state index contributed by atoms with van der Waals surface area (Å²) in [6, 6.07) is 13.3. The van der Waals surface area contributed by atoms with Crippen LogP contribution in [0.25, 0.3) is 0 Å². The summed E-state index contributed by atoms with van der Waals surface area (Å²) < 4.78 is 5.30. The first-order valence-electron chi connectivity index (χ1n) is 8.76. The zero-order valence-corrected chi connectivity index (χ0v) is 14.8. The second-order valence-corrected chi connectivity index (χ2v) is 6.34. The van der Waals surface area contributed by atoms with E-state index in [-0.39, 0.29) is 23.7 Å².